The minimum atomic E-state index is -0.976. The lowest BCUT2D eigenvalue weighted by molar-refractivity contribution is -0.148. The summed E-state index contributed by atoms with van der Waals surface area (Å²) in [5, 5.41) is 6.83. The summed E-state index contributed by atoms with van der Waals surface area (Å²) in [6.45, 7) is 14.8. The van der Waals surface area contributed by atoms with Crippen molar-refractivity contribution in [2.75, 3.05) is 47.9 Å². The van der Waals surface area contributed by atoms with E-state index in [2.05, 4.69) is 26.5 Å². The molecule has 0 bridgehead atoms. The first-order valence-electron chi connectivity index (χ1n) is 25.3. The second-order valence-electron chi connectivity index (χ2n) is 19.8. The van der Waals surface area contributed by atoms with Crippen LogP contribution in [-0.4, -0.2) is 151 Å². The Labute approximate surface area is 415 Å². The van der Waals surface area contributed by atoms with Gasteiger partial charge in [-0.2, -0.15) is 0 Å². The summed E-state index contributed by atoms with van der Waals surface area (Å²) in [6, 6.07) is 4.19. The number of likely N-dealkylation sites (tertiary alicyclic amines) is 1. The molecule has 2 heterocycles. The Balaban J connectivity index is 1.69. The van der Waals surface area contributed by atoms with Crippen molar-refractivity contribution >= 4 is 52.3 Å². The molecular weight excluding hydrogens is 897 g/mol. The number of fused-ring (bicyclic) bond motifs is 1. The van der Waals surface area contributed by atoms with E-state index in [1.807, 2.05) is 84.0 Å². The standard InChI is InChI=1S/C51H86N10O9/c1-12-33(6)46(60(9)51(68)44(31(2)3)56-50(67)45(32(4)5)59(8)26-19-24-42(63)58-57-41(62)23-14-13-17-25-52)40(69-10)29-43(64)61-27-18-22-39(61)47(70-11)34(7)49(66)55-38(48(53)65)28-35-30-54-37-21-16-15-20-36(35)37/h15-16,20-21,30-34,38-40,44-47,54H,12-14,17-19,22-29,52H2,1-11H3,(H2,53,65)(H,55,66)(H,56,67)(H,57,62)(H,58,63)/t33-,34+,38-,39-,40+,44-,45?,46?,47+/m0/s1. The zero-order valence-electron chi connectivity index (χ0n) is 43.8. The molecule has 1 aliphatic rings. The number of ether oxygens (including phenoxy) is 2. The van der Waals surface area contributed by atoms with Gasteiger partial charge >= 0.3 is 0 Å². The van der Waals surface area contributed by atoms with Gasteiger partial charge in [0.2, 0.25) is 41.4 Å². The number of aromatic amines is 1. The van der Waals surface area contributed by atoms with Crippen molar-refractivity contribution in [1.82, 2.24) is 41.2 Å². The number of unbranched alkanes of at least 4 members (excludes halogenated alkanes) is 2. The highest BCUT2D eigenvalue weighted by Crippen LogP contribution is 2.30. The van der Waals surface area contributed by atoms with Gasteiger partial charge in [0.05, 0.1) is 42.7 Å². The number of carbonyl (C=O) groups excluding carboxylic acids is 7. The van der Waals surface area contributed by atoms with Crippen LogP contribution in [0.1, 0.15) is 118 Å². The molecule has 7 amide bonds. The number of nitrogens with one attached hydrogen (secondary N) is 5. The number of hydrogen-bond acceptors (Lipinski definition) is 11. The molecule has 2 aromatic rings. The van der Waals surface area contributed by atoms with Crippen molar-refractivity contribution in [2.24, 2.45) is 35.1 Å². The fraction of sp³-hybridized carbons (Fsp3) is 0.706. The Morgan fingerprint density at radius 3 is 2.10 bits per heavy atom. The van der Waals surface area contributed by atoms with Crippen molar-refractivity contribution in [2.45, 2.75) is 162 Å². The summed E-state index contributed by atoms with van der Waals surface area (Å²) < 4.78 is 12.0. The van der Waals surface area contributed by atoms with Gasteiger partial charge in [0.1, 0.15) is 12.1 Å². The number of methoxy groups -OCH3 is 2. The fourth-order valence-corrected chi connectivity index (χ4v) is 9.84. The molecule has 19 nitrogen and oxygen atoms in total. The molecule has 0 aliphatic carbocycles. The highest BCUT2D eigenvalue weighted by Gasteiger charge is 2.43. The molecule has 1 aromatic heterocycles. The average molecular weight is 983 g/mol. The van der Waals surface area contributed by atoms with Crippen molar-refractivity contribution in [3.8, 4) is 0 Å². The van der Waals surface area contributed by atoms with Gasteiger partial charge in [-0.1, -0.05) is 79.5 Å². The molecule has 394 valence electrons. The van der Waals surface area contributed by atoms with Crippen molar-refractivity contribution in [1.29, 1.82) is 0 Å². The number of H-pyrrole nitrogens is 1. The number of aromatic nitrogens is 1. The van der Waals surface area contributed by atoms with Crippen LogP contribution in [0.3, 0.4) is 0 Å². The van der Waals surface area contributed by atoms with Gasteiger partial charge in [-0.3, -0.25) is 49.3 Å². The van der Waals surface area contributed by atoms with Gasteiger partial charge in [0, 0.05) is 64.2 Å². The number of carbonyl (C=O) groups is 7. The Hall–Kier alpha value is -5.11. The second-order valence-corrected chi connectivity index (χ2v) is 19.8. The quantitative estimate of drug-likeness (QED) is 0.0442. The molecule has 3 rings (SSSR count). The number of hydrogen-bond donors (Lipinski definition) is 7. The van der Waals surface area contributed by atoms with E-state index in [0.717, 1.165) is 29.3 Å². The maximum Gasteiger partial charge on any atom is 0.245 e. The summed E-state index contributed by atoms with van der Waals surface area (Å²) in [6.07, 6.45) is 5.72. The SMILES string of the molecule is CC[C@H](C)C([C@@H](CC(=O)N1CCC[C@H]1[C@H](OC)[C@@H](C)C(=O)N[C@@H](Cc1c[nH]c2ccccc12)C(N)=O)OC)N(C)C(=O)[C@@H](NC(=O)C(C(C)C)N(C)CCCC(=O)NNC(=O)CCCCCN)C(C)C. The molecule has 0 saturated carbocycles. The maximum absolute atomic E-state index is 14.6. The van der Waals surface area contributed by atoms with Crippen LogP contribution in [0, 0.1) is 23.7 Å². The van der Waals surface area contributed by atoms with Crippen LogP contribution in [0.25, 0.3) is 10.9 Å². The Bertz CT molecular complexity index is 2010. The minimum absolute atomic E-state index is 0.0520. The van der Waals surface area contributed by atoms with E-state index in [9.17, 15) is 33.6 Å². The molecule has 9 atom stereocenters. The highest BCUT2D eigenvalue weighted by molar-refractivity contribution is 5.91. The summed E-state index contributed by atoms with van der Waals surface area (Å²) in [5.74, 6) is -3.83. The fourth-order valence-electron chi connectivity index (χ4n) is 9.84. The molecule has 70 heavy (non-hydrogen) atoms. The number of primary amides is 1. The Kier molecular flexibility index (Phi) is 24.8. The van der Waals surface area contributed by atoms with E-state index in [-0.39, 0.29) is 66.6 Å². The zero-order valence-corrected chi connectivity index (χ0v) is 43.8. The lowest BCUT2D eigenvalue weighted by Crippen LogP contribution is -2.60. The minimum Gasteiger partial charge on any atom is -0.379 e. The van der Waals surface area contributed by atoms with Crippen LogP contribution < -0.4 is 33.0 Å². The molecule has 1 aliphatic heterocycles. The summed E-state index contributed by atoms with van der Waals surface area (Å²) >= 11 is 0. The van der Waals surface area contributed by atoms with Crippen LogP contribution in [0.4, 0.5) is 0 Å². The lowest BCUT2D eigenvalue weighted by atomic mass is 9.89. The van der Waals surface area contributed by atoms with E-state index in [1.54, 1.807) is 23.8 Å². The molecule has 1 saturated heterocycles. The van der Waals surface area contributed by atoms with Gasteiger partial charge < -0.3 is 46.4 Å². The van der Waals surface area contributed by atoms with Crippen molar-refractivity contribution < 1.29 is 43.0 Å². The van der Waals surface area contributed by atoms with Crippen LogP contribution in [0.5, 0.6) is 0 Å². The molecule has 1 aromatic carbocycles. The molecule has 9 N–H and O–H groups in total. The van der Waals surface area contributed by atoms with Gasteiger partial charge in [0.25, 0.3) is 0 Å². The Morgan fingerprint density at radius 1 is 0.857 bits per heavy atom. The molecular formula is C51H86N10O9. The summed E-state index contributed by atoms with van der Waals surface area (Å²) in [7, 11) is 6.54. The normalized spacial score (nSPS) is 17.4. The number of nitrogens with zero attached hydrogens (tertiary/aromatic N) is 3. The maximum atomic E-state index is 14.6. The third-order valence-corrected chi connectivity index (χ3v) is 14.0. The number of hydrazine groups is 1. The lowest BCUT2D eigenvalue weighted by Gasteiger charge is -2.41. The van der Waals surface area contributed by atoms with E-state index in [0.29, 0.717) is 58.2 Å². The molecule has 2 unspecified atom stereocenters. The molecule has 19 heteroatoms. The van der Waals surface area contributed by atoms with Gasteiger partial charge in [-0.05, 0) is 81.6 Å². The van der Waals surface area contributed by atoms with Crippen molar-refractivity contribution in [3.05, 3.63) is 36.0 Å². The molecule has 0 spiro atoms. The molecule has 0 radical (unpaired) electrons. The Morgan fingerprint density at radius 2 is 1.51 bits per heavy atom. The van der Waals surface area contributed by atoms with Crippen LogP contribution in [0.15, 0.2) is 30.5 Å². The predicted octanol–water partition coefficient (Wildman–Crippen LogP) is 3.14. The third kappa shape index (κ3) is 16.8. The van der Waals surface area contributed by atoms with E-state index < -0.39 is 60.1 Å². The summed E-state index contributed by atoms with van der Waals surface area (Å²) in [5.41, 5.74) is 18.0. The predicted molar refractivity (Wildman–Crippen MR) is 270 cm³/mol. The molecule has 1 fully saturated rings. The van der Waals surface area contributed by atoms with Crippen molar-refractivity contribution in [3.63, 3.8) is 0 Å². The topological polar surface area (TPSA) is 264 Å². The van der Waals surface area contributed by atoms with Crippen LogP contribution in [0.2, 0.25) is 0 Å². The van der Waals surface area contributed by atoms with E-state index in [1.165, 1.54) is 14.2 Å². The van der Waals surface area contributed by atoms with E-state index in [4.69, 9.17) is 20.9 Å². The summed E-state index contributed by atoms with van der Waals surface area (Å²) in [4.78, 5) is 103. The number of para-hydroxylation sites is 1. The van der Waals surface area contributed by atoms with Gasteiger partial charge in [-0.15, -0.1) is 0 Å². The number of nitrogens with two attached hydrogens (primary N) is 2. The zero-order chi connectivity index (χ0) is 52.2. The first-order valence-corrected chi connectivity index (χ1v) is 25.3. The largest absolute Gasteiger partial charge is 0.379 e. The smallest absolute Gasteiger partial charge is 0.245 e. The van der Waals surface area contributed by atoms with Gasteiger partial charge in [-0.25, -0.2) is 0 Å². The first kappa shape index (κ1) is 59.2. The monoisotopic (exact) mass is 983 g/mol. The first-order chi connectivity index (χ1) is 33.2. The number of likely N-dealkylation sites (N-methyl/N-ethyl adjacent to an activating group) is 2. The number of benzene rings is 1. The average Bonchev–Trinajstić information content (AvgIpc) is 3.98. The third-order valence-electron chi connectivity index (χ3n) is 14.0. The highest BCUT2D eigenvalue weighted by atomic mass is 16.5. The van der Waals surface area contributed by atoms with Crippen LogP contribution >= 0.6 is 0 Å². The van der Waals surface area contributed by atoms with Gasteiger partial charge in [0.15, 0.2) is 0 Å². The number of amides is 7. The van der Waals surface area contributed by atoms with E-state index >= 15 is 0 Å². The van der Waals surface area contributed by atoms with Crippen LogP contribution in [-0.2, 0) is 49.5 Å². The second kappa shape index (κ2) is 29.3. The number of rotatable bonds is 30.